The van der Waals surface area contributed by atoms with Gasteiger partial charge < -0.3 is 14.8 Å². The molecule has 1 amide bonds. The zero-order valence-corrected chi connectivity index (χ0v) is 16.8. The molecule has 0 radical (unpaired) electrons. The third-order valence-electron chi connectivity index (χ3n) is 4.34. The van der Waals surface area contributed by atoms with E-state index in [9.17, 15) is 14.9 Å². The highest BCUT2D eigenvalue weighted by molar-refractivity contribution is 6.34. The van der Waals surface area contributed by atoms with E-state index in [1.54, 1.807) is 21.1 Å². The number of halogens is 1. The van der Waals surface area contributed by atoms with Crippen molar-refractivity contribution in [2.75, 3.05) is 26.6 Å². The molecule has 2 rings (SSSR count). The minimum Gasteiger partial charge on any atom is -0.493 e. The fourth-order valence-corrected chi connectivity index (χ4v) is 2.78. The number of anilines is 1. The molecule has 0 aliphatic heterocycles. The molecular weight excluding hydrogens is 386 g/mol. The Hall–Kier alpha value is -2.84. The largest absolute Gasteiger partial charge is 0.493 e. The van der Waals surface area contributed by atoms with Crippen LogP contribution in [0.25, 0.3) is 0 Å². The summed E-state index contributed by atoms with van der Waals surface area (Å²) in [5, 5.41) is 13.6. The highest BCUT2D eigenvalue weighted by Gasteiger charge is 2.20. The number of nitro benzene ring substituents is 1. The van der Waals surface area contributed by atoms with E-state index in [1.807, 2.05) is 30.1 Å². The van der Waals surface area contributed by atoms with E-state index in [1.165, 1.54) is 18.2 Å². The lowest BCUT2D eigenvalue weighted by Gasteiger charge is -2.24. The molecule has 0 bridgehead atoms. The zero-order chi connectivity index (χ0) is 20.8. The Morgan fingerprint density at radius 1 is 1.21 bits per heavy atom. The van der Waals surface area contributed by atoms with Gasteiger partial charge in [-0.1, -0.05) is 17.7 Å². The summed E-state index contributed by atoms with van der Waals surface area (Å²) in [6.45, 7) is 2.26. The first kappa shape index (κ1) is 21.5. The highest BCUT2D eigenvalue weighted by atomic mass is 35.5. The van der Waals surface area contributed by atoms with Crippen molar-refractivity contribution < 1.29 is 19.2 Å². The first-order valence-electron chi connectivity index (χ1n) is 8.42. The second kappa shape index (κ2) is 9.38. The Morgan fingerprint density at radius 2 is 1.89 bits per heavy atom. The maximum absolute atomic E-state index is 12.5. The van der Waals surface area contributed by atoms with E-state index in [4.69, 9.17) is 21.1 Å². The van der Waals surface area contributed by atoms with Crippen molar-refractivity contribution in [3.63, 3.8) is 0 Å². The van der Waals surface area contributed by atoms with Crippen LogP contribution >= 0.6 is 11.6 Å². The van der Waals surface area contributed by atoms with E-state index < -0.39 is 11.0 Å². The molecule has 0 unspecified atom stereocenters. The Kier molecular flexibility index (Phi) is 7.19. The molecule has 1 N–H and O–H groups in total. The third kappa shape index (κ3) is 5.11. The summed E-state index contributed by atoms with van der Waals surface area (Å²) in [5.41, 5.74) is 1.14. The molecule has 8 nitrogen and oxygen atoms in total. The van der Waals surface area contributed by atoms with Crippen molar-refractivity contribution in [1.82, 2.24) is 4.90 Å². The number of carbonyl (C=O) groups excluding carboxylic acids is 1. The topological polar surface area (TPSA) is 93.9 Å². The van der Waals surface area contributed by atoms with Gasteiger partial charge in [0.25, 0.3) is 5.69 Å². The summed E-state index contributed by atoms with van der Waals surface area (Å²) in [5.74, 6) is 0.967. The van der Waals surface area contributed by atoms with E-state index in [2.05, 4.69) is 5.32 Å². The van der Waals surface area contributed by atoms with Crippen molar-refractivity contribution in [2.24, 2.45) is 0 Å². The fourth-order valence-electron chi connectivity index (χ4n) is 2.56. The van der Waals surface area contributed by atoms with Crippen molar-refractivity contribution >= 4 is 28.9 Å². The number of nitrogens with zero attached hydrogens (tertiary/aromatic N) is 2. The Balaban J connectivity index is 2.05. The molecule has 0 saturated carbocycles. The summed E-state index contributed by atoms with van der Waals surface area (Å²) in [6, 6.07) is 9.00. The first-order valence-corrected chi connectivity index (χ1v) is 8.80. The number of nitrogens with one attached hydrogen (secondary N) is 1. The van der Waals surface area contributed by atoms with Gasteiger partial charge >= 0.3 is 0 Å². The molecule has 0 saturated heterocycles. The smallest absolute Gasteiger partial charge is 0.271 e. The lowest BCUT2D eigenvalue weighted by atomic mass is 10.1. The minimum atomic E-state index is -0.545. The molecule has 0 spiro atoms. The monoisotopic (exact) mass is 407 g/mol. The van der Waals surface area contributed by atoms with Crippen LogP contribution in [0.5, 0.6) is 11.5 Å². The van der Waals surface area contributed by atoms with Gasteiger partial charge in [-0.2, -0.15) is 0 Å². The highest BCUT2D eigenvalue weighted by Crippen LogP contribution is 2.29. The van der Waals surface area contributed by atoms with Crippen molar-refractivity contribution in [1.29, 1.82) is 0 Å². The molecule has 2 aromatic carbocycles. The van der Waals surface area contributed by atoms with Gasteiger partial charge in [-0.05, 0) is 37.7 Å². The molecule has 0 heterocycles. The number of carbonyl (C=O) groups is 1. The van der Waals surface area contributed by atoms with Gasteiger partial charge in [-0.3, -0.25) is 19.8 Å². The molecule has 0 fully saturated rings. The molecule has 0 aliphatic rings. The van der Waals surface area contributed by atoms with E-state index in [0.717, 1.165) is 5.56 Å². The van der Waals surface area contributed by atoms with Crippen LogP contribution in [0.3, 0.4) is 0 Å². The van der Waals surface area contributed by atoms with Crippen LogP contribution in [0.15, 0.2) is 36.4 Å². The fraction of sp³-hybridized carbons (Fsp3) is 0.316. The number of amides is 1. The lowest BCUT2D eigenvalue weighted by Crippen LogP contribution is -2.39. The predicted octanol–water partition coefficient (Wildman–Crippen LogP) is 3.72. The summed E-state index contributed by atoms with van der Waals surface area (Å²) in [6.07, 6.45) is 0. The Labute approximate surface area is 168 Å². The van der Waals surface area contributed by atoms with Crippen LogP contribution in [-0.4, -0.2) is 43.0 Å². The number of hydrogen-bond donors (Lipinski definition) is 1. The molecule has 0 aliphatic carbocycles. The summed E-state index contributed by atoms with van der Waals surface area (Å²) in [4.78, 5) is 24.6. The molecule has 9 heteroatoms. The van der Waals surface area contributed by atoms with Crippen LogP contribution in [0.1, 0.15) is 12.5 Å². The molecular formula is C19H22ClN3O5. The minimum absolute atomic E-state index is 0.109. The maximum Gasteiger partial charge on any atom is 0.271 e. The number of benzene rings is 2. The Bertz CT molecular complexity index is 875. The van der Waals surface area contributed by atoms with Crippen LogP contribution < -0.4 is 14.8 Å². The number of non-ortho nitro benzene ring substituents is 1. The van der Waals surface area contributed by atoms with Crippen molar-refractivity contribution in [2.45, 2.75) is 19.5 Å². The third-order valence-corrected chi connectivity index (χ3v) is 4.65. The quantitative estimate of drug-likeness (QED) is 0.529. The van der Waals surface area contributed by atoms with E-state index >= 15 is 0 Å². The van der Waals surface area contributed by atoms with Crippen molar-refractivity contribution in [3.05, 3.63) is 57.1 Å². The van der Waals surface area contributed by atoms with Gasteiger partial charge in [0.1, 0.15) is 0 Å². The number of nitro groups is 1. The first-order chi connectivity index (χ1) is 13.3. The van der Waals surface area contributed by atoms with Gasteiger partial charge in [0, 0.05) is 18.7 Å². The number of likely N-dealkylation sites (N-methyl/N-ethyl adjacent to an activating group) is 1. The summed E-state index contributed by atoms with van der Waals surface area (Å²) in [7, 11) is 4.95. The Morgan fingerprint density at radius 3 is 2.46 bits per heavy atom. The molecule has 1 atom stereocenters. The SMILES string of the molecule is COc1ccc(CN(C)[C@H](C)C(=O)Nc2ccc([N+](=O)[O-])cc2Cl)cc1OC. The maximum atomic E-state index is 12.5. The number of methoxy groups -OCH3 is 2. The van der Waals surface area contributed by atoms with E-state index in [0.29, 0.717) is 23.7 Å². The molecule has 28 heavy (non-hydrogen) atoms. The normalized spacial score (nSPS) is 11.8. The predicted molar refractivity (Wildman–Crippen MR) is 107 cm³/mol. The standard InChI is InChI=1S/C19H22ClN3O5/c1-12(19(24)21-16-7-6-14(23(25)26)10-15(16)20)22(2)11-13-5-8-17(27-3)18(9-13)28-4/h5-10,12H,11H2,1-4H3,(H,21,24)/t12-/m1/s1. The van der Waals surface area contributed by atoms with Gasteiger partial charge in [0.15, 0.2) is 11.5 Å². The molecule has 2 aromatic rings. The lowest BCUT2D eigenvalue weighted by molar-refractivity contribution is -0.384. The number of rotatable bonds is 8. The average molecular weight is 408 g/mol. The number of hydrogen-bond acceptors (Lipinski definition) is 6. The van der Waals surface area contributed by atoms with E-state index in [-0.39, 0.29) is 16.6 Å². The van der Waals surface area contributed by atoms with Crippen molar-refractivity contribution in [3.8, 4) is 11.5 Å². The molecule has 0 aromatic heterocycles. The van der Waals surface area contributed by atoms with Crippen LogP contribution in [-0.2, 0) is 11.3 Å². The second-order valence-corrected chi connectivity index (χ2v) is 6.60. The van der Waals surface area contributed by atoms with Gasteiger partial charge in [-0.15, -0.1) is 0 Å². The van der Waals surface area contributed by atoms with Gasteiger partial charge in [0.2, 0.25) is 5.91 Å². The van der Waals surface area contributed by atoms with Gasteiger partial charge in [0.05, 0.1) is 35.9 Å². The van der Waals surface area contributed by atoms with Crippen LogP contribution in [0.4, 0.5) is 11.4 Å². The van der Waals surface area contributed by atoms with Crippen LogP contribution in [0, 0.1) is 10.1 Å². The van der Waals surface area contributed by atoms with Gasteiger partial charge in [-0.25, -0.2) is 0 Å². The number of ether oxygens (including phenoxy) is 2. The van der Waals surface area contributed by atoms with Crippen LogP contribution in [0.2, 0.25) is 5.02 Å². The molecule has 150 valence electrons. The average Bonchev–Trinajstić information content (AvgIpc) is 2.68. The zero-order valence-electron chi connectivity index (χ0n) is 16.1. The summed E-state index contributed by atoms with van der Waals surface area (Å²) < 4.78 is 10.5. The summed E-state index contributed by atoms with van der Waals surface area (Å²) >= 11 is 6.03. The second-order valence-electron chi connectivity index (χ2n) is 6.19.